The van der Waals surface area contributed by atoms with Crippen molar-refractivity contribution in [3.63, 3.8) is 0 Å². The summed E-state index contributed by atoms with van der Waals surface area (Å²) < 4.78 is 10.4. The number of hydrogen-bond acceptors (Lipinski definition) is 4. The SMILES string of the molecule is COCCOc1ccc(NC2CC(C(C)C)C2)cn1. The zero-order valence-corrected chi connectivity index (χ0v) is 12.1. The van der Waals surface area contributed by atoms with Crippen LogP contribution in [-0.2, 0) is 4.74 Å². The molecule has 4 nitrogen and oxygen atoms in total. The average Bonchev–Trinajstić information content (AvgIpc) is 2.35. The summed E-state index contributed by atoms with van der Waals surface area (Å²) in [6.07, 6.45) is 4.37. The Balaban J connectivity index is 1.73. The van der Waals surface area contributed by atoms with Gasteiger partial charge in [-0.2, -0.15) is 0 Å². The molecule has 1 aliphatic rings. The maximum absolute atomic E-state index is 5.43. The fraction of sp³-hybridized carbons (Fsp3) is 0.667. The summed E-state index contributed by atoms with van der Waals surface area (Å²) in [5, 5.41) is 3.51. The molecule has 4 heteroatoms. The van der Waals surface area contributed by atoms with E-state index in [0.29, 0.717) is 25.1 Å². The van der Waals surface area contributed by atoms with Gasteiger partial charge in [0.25, 0.3) is 0 Å². The lowest BCUT2D eigenvalue weighted by molar-refractivity contribution is 0.144. The zero-order chi connectivity index (χ0) is 13.7. The quantitative estimate of drug-likeness (QED) is 0.769. The molecular formula is C15H24N2O2. The minimum atomic E-state index is 0.537. The van der Waals surface area contributed by atoms with Crippen LogP contribution in [0.3, 0.4) is 0 Å². The standard InChI is InChI=1S/C15H24N2O2/c1-11(2)12-8-14(9-12)17-13-4-5-15(16-10-13)19-7-6-18-3/h4-5,10-12,14,17H,6-9H2,1-3H3. The number of aromatic nitrogens is 1. The second-order valence-corrected chi connectivity index (χ2v) is 5.54. The first-order valence-corrected chi connectivity index (χ1v) is 7.03. The van der Waals surface area contributed by atoms with Crippen LogP contribution in [0.2, 0.25) is 0 Å². The maximum Gasteiger partial charge on any atom is 0.213 e. The van der Waals surface area contributed by atoms with Crippen molar-refractivity contribution in [2.75, 3.05) is 25.6 Å². The molecule has 0 saturated heterocycles. The maximum atomic E-state index is 5.43. The molecule has 1 N–H and O–H groups in total. The predicted molar refractivity (Wildman–Crippen MR) is 76.6 cm³/mol. The highest BCUT2D eigenvalue weighted by Crippen LogP contribution is 2.35. The van der Waals surface area contributed by atoms with Crippen LogP contribution in [0.1, 0.15) is 26.7 Å². The van der Waals surface area contributed by atoms with E-state index in [4.69, 9.17) is 9.47 Å². The molecule has 0 aliphatic heterocycles. The van der Waals surface area contributed by atoms with Gasteiger partial charge >= 0.3 is 0 Å². The van der Waals surface area contributed by atoms with E-state index in [1.807, 2.05) is 18.3 Å². The molecule has 1 aliphatic carbocycles. The van der Waals surface area contributed by atoms with Crippen molar-refractivity contribution in [2.45, 2.75) is 32.7 Å². The van der Waals surface area contributed by atoms with Crippen LogP contribution in [0.15, 0.2) is 18.3 Å². The van der Waals surface area contributed by atoms with Crippen LogP contribution in [0, 0.1) is 11.8 Å². The summed E-state index contributed by atoms with van der Waals surface area (Å²) in [5.41, 5.74) is 1.08. The largest absolute Gasteiger partial charge is 0.475 e. The number of nitrogens with one attached hydrogen (secondary N) is 1. The van der Waals surface area contributed by atoms with Crippen LogP contribution in [0.4, 0.5) is 5.69 Å². The van der Waals surface area contributed by atoms with E-state index in [-0.39, 0.29) is 0 Å². The van der Waals surface area contributed by atoms with E-state index < -0.39 is 0 Å². The molecule has 1 fully saturated rings. The Morgan fingerprint density at radius 1 is 1.32 bits per heavy atom. The Labute approximate surface area is 115 Å². The molecule has 1 heterocycles. The van der Waals surface area contributed by atoms with E-state index in [1.54, 1.807) is 7.11 Å². The highest BCUT2D eigenvalue weighted by molar-refractivity contribution is 5.43. The van der Waals surface area contributed by atoms with Crippen molar-refractivity contribution in [1.29, 1.82) is 0 Å². The van der Waals surface area contributed by atoms with Crippen molar-refractivity contribution in [2.24, 2.45) is 11.8 Å². The molecule has 1 saturated carbocycles. The third-order valence-corrected chi connectivity index (χ3v) is 3.76. The third kappa shape index (κ3) is 4.10. The van der Waals surface area contributed by atoms with Crippen LogP contribution >= 0.6 is 0 Å². The predicted octanol–water partition coefficient (Wildman–Crippen LogP) is 2.95. The van der Waals surface area contributed by atoms with Gasteiger partial charge in [-0.1, -0.05) is 13.8 Å². The number of anilines is 1. The Kier molecular flexibility index (Phi) is 5.02. The second kappa shape index (κ2) is 6.75. The third-order valence-electron chi connectivity index (χ3n) is 3.76. The monoisotopic (exact) mass is 264 g/mol. The minimum Gasteiger partial charge on any atom is -0.475 e. The minimum absolute atomic E-state index is 0.537. The number of methoxy groups -OCH3 is 1. The molecule has 0 aromatic carbocycles. The Morgan fingerprint density at radius 3 is 2.68 bits per heavy atom. The molecule has 0 spiro atoms. The zero-order valence-electron chi connectivity index (χ0n) is 12.1. The van der Waals surface area contributed by atoms with Gasteiger partial charge in [-0.15, -0.1) is 0 Å². The van der Waals surface area contributed by atoms with Gasteiger partial charge in [-0.3, -0.25) is 0 Å². The lowest BCUT2D eigenvalue weighted by Crippen LogP contribution is -2.37. The Hall–Kier alpha value is -1.29. The van der Waals surface area contributed by atoms with E-state index in [2.05, 4.69) is 24.1 Å². The van der Waals surface area contributed by atoms with Gasteiger partial charge in [-0.05, 0) is 30.7 Å². The highest BCUT2D eigenvalue weighted by Gasteiger charge is 2.30. The van der Waals surface area contributed by atoms with E-state index in [0.717, 1.165) is 17.5 Å². The highest BCUT2D eigenvalue weighted by atomic mass is 16.5. The van der Waals surface area contributed by atoms with Crippen LogP contribution in [0.25, 0.3) is 0 Å². The summed E-state index contributed by atoms with van der Waals surface area (Å²) in [5.74, 6) is 2.33. The van der Waals surface area contributed by atoms with Crippen molar-refractivity contribution >= 4 is 5.69 Å². The lowest BCUT2D eigenvalue weighted by atomic mass is 9.73. The fourth-order valence-electron chi connectivity index (χ4n) is 2.34. The van der Waals surface area contributed by atoms with Crippen molar-refractivity contribution in [1.82, 2.24) is 4.98 Å². The molecule has 0 atom stereocenters. The van der Waals surface area contributed by atoms with E-state index in [1.165, 1.54) is 12.8 Å². The number of ether oxygens (including phenoxy) is 2. The van der Waals surface area contributed by atoms with Crippen LogP contribution in [-0.4, -0.2) is 31.3 Å². The van der Waals surface area contributed by atoms with Gasteiger partial charge in [0.15, 0.2) is 0 Å². The number of pyridine rings is 1. The topological polar surface area (TPSA) is 43.4 Å². The normalized spacial score (nSPS) is 22.1. The van der Waals surface area contributed by atoms with Gasteiger partial charge in [-0.25, -0.2) is 4.98 Å². The molecule has 0 unspecified atom stereocenters. The van der Waals surface area contributed by atoms with Crippen LogP contribution in [0.5, 0.6) is 5.88 Å². The van der Waals surface area contributed by atoms with E-state index in [9.17, 15) is 0 Å². The summed E-state index contributed by atoms with van der Waals surface area (Å²) in [6, 6.07) is 4.53. The smallest absolute Gasteiger partial charge is 0.213 e. The molecule has 106 valence electrons. The van der Waals surface area contributed by atoms with Gasteiger partial charge in [0, 0.05) is 19.2 Å². The van der Waals surface area contributed by atoms with Crippen molar-refractivity contribution in [3.05, 3.63) is 18.3 Å². The molecule has 1 aromatic rings. The molecule has 0 radical (unpaired) electrons. The number of rotatable bonds is 7. The number of nitrogens with zero attached hydrogens (tertiary/aromatic N) is 1. The first-order valence-electron chi connectivity index (χ1n) is 7.03. The van der Waals surface area contributed by atoms with Gasteiger partial charge < -0.3 is 14.8 Å². The first-order chi connectivity index (χ1) is 9.19. The molecular weight excluding hydrogens is 240 g/mol. The average molecular weight is 264 g/mol. The number of hydrogen-bond donors (Lipinski definition) is 1. The van der Waals surface area contributed by atoms with Gasteiger partial charge in [0.05, 0.1) is 18.5 Å². The van der Waals surface area contributed by atoms with Crippen molar-refractivity contribution < 1.29 is 9.47 Å². The fourth-order valence-corrected chi connectivity index (χ4v) is 2.34. The summed E-state index contributed by atoms with van der Waals surface area (Å²) in [7, 11) is 1.66. The second-order valence-electron chi connectivity index (χ2n) is 5.54. The lowest BCUT2D eigenvalue weighted by Gasteiger charge is -2.39. The molecule has 19 heavy (non-hydrogen) atoms. The summed E-state index contributed by atoms with van der Waals surface area (Å²) in [4.78, 5) is 4.28. The summed E-state index contributed by atoms with van der Waals surface area (Å²) >= 11 is 0. The molecule has 0 bridgehead atoms. The molecule has 1 aromatic heterocycles. The van der Waals surface area contributed by atoms with Crippen LogP contribution < -0.4 is 10.1 Å². The summed E-state index contributed by atoms with van der Waals surface area (Å²) in [6.45, 7) is 5.72. The molecule has 2 rings (SSSR count). The van der Waals surface area contributed by atoms with Gasteiger partial charge in [0.2, 0.25) is 5.88 Å². The Morgan fingerprint density at radius 2 is 2.11 bits per heavy atom. The van der Waals surface area contributed by atoms with E-state index >= 15 is 0 Å². The molecule has 0 amide bonds. The first kappa shape index (κ1) is 14.1. The van der Waals surface area contributed by atoms with Crippen molar-refractivity contribution in [3.8, 4) is 5.88 Å². The Bertz CT molecular complexity index is 372. The van der Waals surface area contributed by atoms with Gasteiger partial charge in [0.1, 0.15) is 6.61 Å².